The summed E-state index contributed by atoms with van der Waals surface area (Å²) in [5.74, 6) is 1.49. The SMILES string of the molecule is CC(C)C1CCC(CCOc2ccccc2)(C(=O)O)CC1. The topological polar surface area (TPSA) is 46.5 Å². The third-order valence-electron chi connectivity index (χ3n) is 4.98. The Balaban J connectivity index is 1.89. The molecule has 1 aromatic carbocycles. The number of ether oxygens (including phenoxy) is 1. The molecule has 1 aliphatic rings. The van der Waals surface area contributed by atoms with E-state index in [0.717, 1.165) is 31.4 Å². The summed E-state index contributed by atoms with van der Waals surface area (Å²) < 4.78 is 5.69. The van der Waals surface area contributed by atoms with Crippen LogP contribution in [0.5, 0.6) is 5.75 Å². The molecular weight excluding hydrogens is 264 g/mol. The molecule has 0 heterocycles. The lowest BCUT2D eigenvalue weighted by atomic mass is 9.66. The fourth-order valence-electron chi connectivity index (χ4n) is 3.31. The summed E-state index contributed by atoms with van der Waals surface area (Å²) in [4.78, 5) is 11.7. The molecule has 0 spiro atoms. The number of carbonyl (C=O) groups is 1. The quantitative estimate of drug-likeness (QED) is 0.846. The molecule has 1 aromatic rings. The van der Waals surface area contributed by atoms with E-state index in [1.807, 2.05) is 30.3 Å². The Labute approximate surface area is 127 Å². The predicted molar refractivity (Wildman–Crippen MR) is 83.4 cm³/mol. The number of carboxylic acid groups (broad SMARTS) is 1. The molecule has 1 fully saturated rings. The predicted octanol–water partition coefficient (Wildman–Crippen LogP) is 4.37. The van der Waals surface area contributed by atoms with E-state index in [9.17, 15) is 9.90 Å². The minimum Gasteiger partial charge on any atom is -0.494 e. The van der Waals surface area contributed by atoms with Crippen molar-refractivity contribution in [1.82, 2.24) is 0 Å². The summed E-state index contributed by atoms with van der Waals surface area (Å²) >= 11 is 0. The van der Waals surface area contributed by atoms with Gasteiger partial charge in [0.25, 0.3) is 0 Å². The number of carboxylic acids is 1. The molecule has 0 aliphatic heterocycles. The van der Waals surface area contributed by atoms with E-state index < -0.39 is 11.4 Å². The monoisotopic (exact) mass is 290 g/mol. The number of hydrogen-bond donors (Lipinski definition) is 1. The number of aliphatic carboxylic acids is 1. The van der Waals surface area contributed by atoms with Gasteiger partial charge in [0.15, 0.2) is 0 Å². The molecule has 116 valence electrons. The van der Waals surface area contributed by atoms with Crippen molar-refractivity contribution < 1.29 is 14.6 Å². The smallest absolute Gasteiger partial charge is 0.309 e. The maximum atomic E-state index is 11.7. The van der Waals surface area contributed by atoms with E-state index in [1.165, 1.54) is 0 Å². The summed E-state index contributed by atoms with van der Waals surface area (Å²) in [7, 11) is 0. The van der Waals surface area contributed by atoms with E-state index in [4.69, 9.17) is 4.74 Å². The average Bonchev–Trinajstić information content (AvgIpc) is 2.48. The van der Waals surface area contributed by atoms with Crippen LogP contribution in [0.2, 0.25) is 0 Å². The normalized spacial score (nSPS) is 25.8. The van der Waals surface area contributed by atoms with Gasteiger partial charge in [-0.05, 0) is 56.1 Å². The molecule has 0 atom stereocenters. The average molecular weight is 290 g/mol. The summed E-state index contributed by atoms with van der Waals surface area (Å²) in [6.07, 6.45) is 4.21. The van der Waals surface area contributed by atoms with Crippen molar-refractivity contribution in [3.05, 3.63) is 30.3 Å². The highest BCUT2D eigenvalue weighted by molar-refractivity contribution is 5.74. The number of para-hydroxylation sites is 1. The van der Waals surface area contributed by atoms with Crippen molar-refractivity contribution >= 4 is 5.97 Å². The molecule has 0 amide bonds. The Morgan fingerprint density at radius 1 is 1.29 bits per heavy atom. The van der Waals surface area contributed by atoms with Crippen LogP contribution in [-0.4, -0.2) is 17.7 Å². The molecule has 21 heavy (non-hydrogen) atoms. The zero-order chi connectivity index (χ0) is 15.3. The number of hydrogen-bond acceptors (Lipinski definition) is 2. The first-order valence-electron chi connectivity index (χ1n) is 7.95. The number of benzene rings is 1. The molecule has 3 heteroatoms. The van der Waals surface area contributed by atoms with E-state index in [-0.39, 0.29) is 0 Å². The van der Waals surface area contributed by atoms with Crippen LogP contribution in [0, 0.1) is 17.3 Å². The van der Waals surface area contributed by atoms with Crippen molar-refractivity contribution in [1.29, 1.82) is 0 Å². The fraction of sp³-hybridized carbons (Fsp3) is 0.611. The standard InChI is InChI=1S/C18H26O3/c1-14(2)15-8-10-18(11-9-15,17(19)20)12-13-21-16-6-4-3-5-7-16/h3-7,14-15H,8-13H2,1-2H3,(H,19,20). The molecule has 0 radical (unpaired) electrons. The zero-order valence-electron chi connectivity index (χ0n) is 13.0. The van der Waals surface area contributed by atoms with Crippen LogP contribution >= 0.6 is 0 Å². The summed E-state index contributed by atoms with van der Waals surface area (Å²) in [6.45, 7) is 4.94. The van der Waals surface area contributed by atoms with Crippen molar-refractivity contribution in [2.45, 2.75) is 46.0 Å². The van der Waals surface area contributed by atoms with Crippen LogP contribution in [0.3, 0.4) is 0 Å². The van der Waals surface area contributed by atoms with E-state index in [2.05, 4.69) is 13.8 Å². The van der Waals surface area contributed by atoms with Gasteiger partial charge in [-0.3, -0.25) is 4.79 Å². The molecule has 0 saturated heterocycles. The van der Waals surface area contributed by atoms with Crippen molar-refractivity contribution in [2.75, 3.05) is 6.61 Å². The molecule has 2 rings (SSSR count). The summed E-state index contributed by atoms with van der Waals surface area (Å²) in [5.41, 5.74) is -0.583. The fourth-order valence-corrected chi connectivity index (χ4v) is 3.31. The first-order valence-corrected chi connectivity index (χ1v) is 7.95. The molecular formula is C18H26O3. The number of rotatable bonds is 6. The second-order valence-corrected chi connectivity index (χ2v) is 6.58. The second-order valence-electron chi connectivity index (χ2n) is 6.58. The summed E-state index contributed by atoms with van der Waals surface area (Å²) in [6, 6.07) is 9.61. The van der Waals surface area contributed by atoms with Crippen LogP contribution in [0.4, 0.5) is 0 Å². The Morgan fingerprint density at radius 3 is 2.43 bits per heavy atom. The lowest BCUT2D eigenvalue weighted by Gasteiger charge is -2.38. The first-order chi connectivity index (χ1) is 10.0. The Kier molecular flexibility index (Phi) is 5.27. The first kappa shape index (κ1) is 15.9. The molecule has 1 saturated carbocycles. The van der Waals surface area contributed by atoms with Crippen LogP contribution in [0.1, 0.15) is 46.0 Å². The van der Waals surface area contributed by atoms with Crippen LogP contribution in [0.25, 0.3) is 0 Å². The van der Waals surface area contributed by atoms with Gasteiger partial charge in [0.2, 0.25) is 0 Å². The molecule has 0 unspecified atom stereocenters. The highest BCUT2D eigenvalue weighted by Crippen LogP contribution is 2.44. The van der Waals surface area contributed by atoms with Gasteiger partial charge in [-0.1, -0.05) is 32.0 Å². The maximum absolute atomic E-state index is 11.7. The Hall–Kier alpha value is -1.51. The maximum Gasteiger partial charge on any atom is 0.309 e. The van der Waals surface area contributed by atoms with Gasteiger partial charge in [-0.25, -0.2) is 0 Å². The van der Waals surface area contributed by atoms with Gasteiger partial charge in [0.05, 0.1) is 12.0 Å². The summed E-state index contributed by atoms with van der Waals surface area (Å²) in [5, 5.41) is 9.66. The van der Waals surface area contributed by atoms with Gasteiger partial charge in [0.1, 0.15) is 5.75 Å². The lowest BCUT2D eigenvalue weighted by Crippen LogP contribution is -2.37. The molecule has 1 N–H and O–H groups in total. The van der Waals surface area contributed by atoms with Gasteiger partial charge in [-0.15, -0.1) is 0 Å². The van der Waals surface area contributed by atoms with E-state index in [1.54, 1.807) is 0 Å². The van der Waals surface area contributed by atoms with Gasteiger partial charge in [-0.2, -0.15) is 0 Å². The van der Waals surface area contributed by atoms with Gasteiger partial charge < -0.3 is 9.84 Å². The molecule has 0 aromatic heterocycles. The highest BCUT2D eigenvalue weighted by atomic mass is 16.5. The zero-order valence-corrected chi connectivity index (χ0v) is 13.0. The Bertz CT molecular complexity index is 445. The van der Waals surface area contributed by atoms with Gasteiger partial charge >= 0.3 is 5.97 Å². The minimum atomic E-state index is -0.652. The second kappa shape index (κ2) is 6.97. The van der Waals surface area contributed by atoms with Crippen molar-refractivity contribution in [2.24, 2.45) is 17.3 Å². The minimum absolute atomic E-state index is 0.475. The van der Waals surface area contributed by atoms with Crippen LogP contribution in [0.15, 0.2) is 30.3 Å². The third kappa shape index (κ3) is 3.99. The molecule has 3 nitrogen and oxygen atoms in total. The van der Waals surface area contributed by atoms with Crippen molar-refractivity contribution in [3.8, 4) is 5.75 Å². The van der Waals surface area contributed by atoms with Crippen LogP contribution in [-0.2, 0) is 4.79 Å². The van der Waals surface area contributed by atoms with Gasteiger partial charge in [0, 0.05) is 0 Å². The largest absolute Gasteiger partial charge is 0.494 e. The molecule has 1 aliphatic carbocycles. The van der Waals surface area contributed by atoms with Crippen molar-refractivity contribution in [3.63, 3.8) is 0 Å². The Morgan fingerprint density at radius 2 is 1.90 bits per heavy atom. The lowest BCUT2D eigenvalue weighted by molar-refractivity contribution is -0.153. The molecule has 0 bridgehead atoms. The highest BCUT2D eigenvalue weighted by Gasteiger charge is 2.42. The third-order valence-corrected chi connectivity index (χ3v) is 4.98. The van der Waals surface area contributed by atoms with E-state index in [0.29, 0.717) is 24.9 Å². The van der Waals surface area contributed by atoms with E-state index >= 15 is 0 Å². The van der Waals surface area contributed by atoms with Crippen LogP contribution < -0.4 is 4.74 Å².